The highest BCUT2D eigenvalue weighted by atomic mass is 16.5. The topological polar surface area (TPSA) is 193 Å². The Morgan fingerprint density at radius 1 is 0.981 bits per heavy atom. The normalized spacial score (nSPS) is 19.3. The van der Waals surface area contributed by atoms with Crippen LogP contribution in [0.15, 0.2) is 72.8 Å². The largest absolute Gasteiger partial charge is 0.478 e. The molecule has 3 aromatic carbocycles. The van der Waals surface area contributed by atoms with Crippen LogP contribution >= 0.6 is 0 Å². The van der Waals surface area contributed by atoms with Crippen molar-refractivity contribution < 1.29 is 33.4 Å². The highest BCUT2D eigenvalue weighted by Crippen LogP contribution is 2.45. The fourth-order valence-corrected chi connectivity index (χ4v) is 6.68. The zero-order valence-corrected chi connectivity index (χ0v) is 29.2. The van der Waals surface area contributed by atoms with E-state index in [9.17, 15) is 24.0 Å². The standard InChI is InChI=1S/C39H40N6O7/c1-24(2)52-36(50)39(38(23-47,44-39)15-16-46)21-27-12-14-31(29(20-27)28-9-5-4-6-10-28)45-32-13-11-26(19-30(32)35(49)41-22-34(45)48)8-7-17-51-33-18-25(3)42-37(40)43-33/h4-6,9-14,16,18-20,23-24,44H,7-8,15,17,21-22H2,1-3H3,(H,41,49)(H2,40,42,43)/t38?,39-/m0/s1. The van der Waals surface area contributed by atoms with Crippen LogP contribution < -0.4 is 26.0 Å². The van der Waals surface area contributed by atoms with E-state index in [4.69, 9.17) is 15.2 Å². The second-order valence-electron chi connectivity index (χ2n) is 13.3. The summed E-state index contributed by atoms with van der Waals surface area (Å²) in [4.78, 5) is 74.2. The number of aldehydes is 2. The maximum atomic E-state index is 13.8. The molecule has 1 fully saturated rings. The molecule has 0 spiro atoms. The van der Waals surface area contributed by atoms with E-state index in [-0.39, 0.29) is 37.1 Å². The monoisotopic (exact) mass is 704 g/mol. The number of carbonyl (C=O) groups excluding carboxylic acids is 5. The van der Waals surface area contributed by atoms with Crippen LogP contribution in [0, 0.1) is 6.92 Å². The molecular formula is C39H40N6O7. The molecule has 0 bridgehead atoms. The van der Waals surface area contributed by atoms with Crippen molar-refractivity contribution in [2.45, 2.75) is 63.6 Å². The van der Waals surface area contributed by atoms with Gasteiger partial charge >= 0.3 is 5.97 Å². The number of nitrogens with zero attached hydrogens (tertiary/aromatic N) is 3. The van der Waals surface area contributed by atoms with E-state index < -0.39 is 23.2 Å². The SMILES string of the molecule is Cc1cc(OCCCc2ccc3c(c2)C(=O)NCC(=O)N3c2ccc(C[C@@]3(C(=O)OC(C)C)NC3(C=O)CC=O)cc2-c2ccccc2)nc(N)n1. The molecule has 1 unspecified atom stereocenters. The first-order valence-electron chi connectivity index (χ1n) is 17.1. The molecule has 13 nitrogen and oxygen atoms in total. The number of aryl methyl sites for hydroxylation is 2. The van der Waals surface area contributed by atoms with Gasteiger partial charge < -0.3 is 30.1 Å². The molecule has 2 amide bonds. The zero-order chi connectivity index (χ0) is 37.0. The lowest BCUT2D eigenvalue weighted by Gasteiger charge is -2.26. The Morgan fingerprint density at radius 3 is 2.38 bits per heavy atom. The molecule has 0 radical (unpaired) electrons. The van der Waals surface area contributed by atoms with Crippen LogP contribution in [0.25, 0.3) is 11.1 Å². The minimum absolute atomic E-state index is 0.0487. The number of carbonyl (C=O) groups is 5. The number of aromatic nitrogens is 2. The summed E-state index contributed by atoms with van der Waals surface area (Å²) < 4.78 is 11.3. The number of anilines is 3. The summed E-state index contributed by atoms with van der Waals surface area (Å²) in [6.45, 7) is 5.37. The Hall–Kier alpha value is -5.95. The van der Waals surface area contributed by atoms with Crippen LogP contribution in [0.4, 0.5) is 17.3 Å². The molecule has 1 aromatic heterocycles. The smallest absolute Gasteiger partial charge is 0.329 e. The van der Waals surface area contributed by atoms with Crippen LogP contribution in [0.2, 0.25) is 0 Å². The lowest BCUT2D eigenvalue weighted by atomic mass is 9.85. The lowest BCUT2D eigenvalue weighted by Crippen LogP contribution is -2.40. The van der Waals surface area contributed by atoms with Gasteiger partial charge in [-0.15, -0.1) is 0 Å². The molecule has 52 heavy (non-hydrogen) atoms. The first-order valence-corrected chi connectivity index (χ1v) is 17.1. The summed E-state index contributed by atoms with van der Waals surface area (Å²) in [5, 5.41) is 5.74. The Bertz CT molecular complexity index is 2020. The second-order valence-corrected chi connectivity index (χ2v) is 13.3. The van der Waals surface area contributed by atoms with Gasteiger partial charge in [-0.1, -0.05) is 42.5 Å². The number of nitrogen functional groups attached to an aromatic ring is 1. The van der Waals surface area contributed by atoms with Crippen molar-refractivity contribution in [3.63, 3.8) is 0 Å². The Labute approximate surface area is 300 Å². The zero-order valence-electron chi connectivity index (χ0n) is 29.2. The first kappa shape index (κ1) is 35.9. The number of esters is 1. The molecule has 6 rings (SSSR count). The number of benzene rings is 3. The molecule has 268 valence electrons. The predicted octanol–water partition coefficient (Wildman–Crippen LogP) is 3.82. The number of fused-ring (bicyclic) bond motifs is 1. The Kier molecular flexibility index (Phi) is 10.2. The summed E-state index contributed by atoms with van der Waals surface area (Å²) in [6, 6.07) is 22.0. The van der Waals surface area contributed by atoms with Gasteiger partial charge in [0.25, 0.3) is 11.8 Å². The van der Waals surface area contributed by atoms with Crippen molar-refractivity contribution in [3.8, 4) is 17.0 Å². The average Bonchev–Trinajstić information content (AvgIpc) is 3.79. The minimum Gasteiger partial charge on any atom is -0.478 e. The number of hydrogen-bond acceptors (Lipinski definition) is 11. The van der Waals surface area contributed by atoms with Crippen LogP contribution in [-0.4, -0.2) is 70.7 Å². The highest BCUT2D eigenvalue weighted by molar-refractivity contribution is 6.14. The molecule has 0 aliphatic carbocycles. The maximum Gasteiger partial charge on any atom is 0.329 e. The van der Waals surface area contributed by atoms with E-state index in [0.29, 0.717) is 71.7 Å². The molecule has 2 aliphatic heterocycles. The molecule has 4 N–H and O–H groups in total. The third kappa shape index (κ3) is 7.12. The number of amides is 2. The summed E-state index contributed by atoms with van der Waals surface area (Å²) >= 11 is 0. The molecule has 4 aromatic rings. The van der Waals surface area contributed by atoms with E-state index in [2.05, 4.69) is 20.6 Å². The van der Waals surface area contributed by atoms with Crippen LogP contribution in [0.5, 0.6) is 5.88 Å². The van der Waals surface area contributed by atoms with Crippen molar-refractivity contribution >= 4 is 47.7 Å². The van der Waals surface area contributed by atoms with Gasteiger partial charge in [0.05, 0.1) is 36.2 Å². The molecule has 2 aliphatic rings. The van der Waals surface area contributed by atoms with Gasteiger partial charge in [-0.3, -0.25) is 19.8 Å². The average molecular weight is 705 g/mol. The van der Waals surface area contributed by atoms with Crippen molar-refractivity contribution in [3.05, 3.63) is 95.2 Å². The van der Waals surface area contributed by atoms with Gasteiger partial charge in [-0.05, 0) is 74.6 Å². The fourth-order valence-electron chi connectivity index (χ4n) is 6.68. The molecule has 13 heteroatoms. The van der Waals surface area contributed by atoms with E-state index in [1.54, 1.807) is 51.1 Å². The Balaban J connectivity index is 1.33. The van der Waals surface area contributed by atoms with Crippen molar-refractivity contribution in [2.24, 2.45) is 0 Å². The second kappa shape index (κ2) is 14.7. The van der Waals surface area contributed by atoms with Crippen molar-refractivity contribution in [1.29, 1.82) is 0 Å². The van der Waals surface area contributed by atoms with E-state index in [0.717, 1.165) is 11.1 Å². The van der Waals surface area contributed by atoms with Gasteiger partial charge in [0.1, 0.15) is 23.7 Å². The van der Waals surface area contributed by atoms with E-state index >= 15 is 0 Å². The van der Waals surface area contributed by atoms with Crippen LogP contribution in [-0.2, 0) is 36.8 Å². The number of rotatable bonds is 14. The quantitative estimate of drug-likeness (QED) is 0.0748. The van der Waals surface area contributed by atoms with Crippen molar-refractivity contribution in [1.82, 2.24) is 20.6 Å². The number of nitrogens with two attached hydrogens (primary N) is 1. The molecule has 2 atom stereocenters. The summed E-state index contributed by atoms with van der Waals surface area (Å²) in [6.07, 6.45) is 1.85. The summed E-state index contributed by atoms with van der Waals surface area (Å²) in [5.74, 6) is -0.812. The number of nitrogens with one attached hydrogen (secondary N) is 2. The van der Waals surface area contributed by atoms with Gasteiger partial charge in [-0.25, -0.2) is 9.78 Å². The molecule has 3 heterocycles. The van der Waals surface area contributed by atoms with Gasteiger partial charge in [-0.2, -0.15) is 4.98 Å². The first-order chi connectivity index (χ1) is 25.0. The van der Waals surface area contributed by atoms with Gasteiger partial charge in [0.15, 0.2) is 0 Å². The fraction of sp³-hybridized carbons (Fsp3) is 0.308. The van der Waals surface area contributed by atoms with Gasteiger partial charge in [0, 0.05) is 30.2 Å². The minimum atomic E-state index is -1.45. The molecule has 1 saturated heterocycles. The third-order valence-electron chi connectivity index (χ3n) is 9.19. The van der Waals surface area contributed by atoms with Crippen LogP contribution in [0.3, 0.4) is 0 Å². The van der Waals surface area contributed by atoms with E-state index in [1.165, 1.54) is 4.90 Å². The van der Waals surface area contributed by atoms with Gasteiger partial charge in [0.2, 0.25) is 11.8 Å². The number of ether oxygens (including phenoxy) is 2. The molecular weight excluding hydrogens is 664 g/mol. The van der Waals surface area contributed by atoms with E-state index in [1.807, 2.05) is 42.5 Å². The van der Waals surface area contributed by atoms with Crippen LogP contribution in [0.1, 0.15) is 53.9 Å². The highest BCUT2D eigenvalue weighted by Gasteiger charge is 2.72. The summed E-state index contributed by atoms with van der Waals surface area (Å²) in [5.41, 5.74) is 7.86. The molecule has 0 saturated carbocycles. The maximum absolute atomic E-state index is 13.8. The van der Waals surface area contributed by atoms with Crippen molar-refractivity contribution in [2.75, 3.05) is 23.8 Å². The lowest BCUT2D eigenvalue weighted by molar-refractivity contribution is -0.151. The Morgan fingerprint density at radius 2 is 1.69 bits per heavy atom. The third-order valence-corrected chi connectivity index (χ3v) is 9.19. The predicted molar refractivity (Wildman–Crippen MR) is 193 cm³/mol. The summed E-state index contributed by atoms with van der Waals surface area (Å²) in [7, 11) is 0. The number of hydrogen-bond donors (Lipinski definition) is 3.